The van der Waals surface area contributed by atoms with Crippen LogP contribution in [0.5, 0.6) is 0 Å². The van der Waals surface area contributed by atoms with Crippen LogP contribution in [0.2, 0.25) is 0 Å². The third-order valence-corrected chi connectivity index (χ3v) is 6.50. The average Bonchev–Trinajstić information content (AvgIpc) is 3.41. The molecule has 4 rings (SSSR count). The molecule has 164 valence electrons. The highest BCUT2D eigenvalue weighted by Crippen LogP contribution is 2.31. The lowest BCUT2D eigenvalue weighted by atomic mass is 9.96. The number of rotatable bonds is 7. The molecular weight excluding hydrogens is 388 g/mol. The van der Waals surface area contributed by atoms with E-state index < -0.39 is 6.04 Å². The van der Waals surface area contributed by atoms with E-state index in [1.165, 1.54) is 11.1 Å². The number of carbonyl (C=O) groups excluding carboxylic acids is 2. The van der Waals surface area contributed by atoms with Crippen LogP contribution in [0.3, 0.4) is 0 Å². The van der Waals surface area contributed by atoms with Crippen LogP contribution < -0.4 is 21.7 Å². The third-order valence-electron chi connectivity index (χ3n) is 6.50. The number of aryl methyl sites for hydroxylation is 1. The maximum Gasteiger partial charge on any atom is 0.242 e. The van der Waals surface area contributed by atoms with Crippen LogP contribution in [0.15, 0.2) is 48.5 Å². The molecule has 2 aromatic rings. The van der Waals surface area contributed by atoms with Gasteiger partial charge in [-0.1, -0.05) is 48.5 Å². The number of hydrogen-bond acceptors (Lipinski definition) is 4. The molecule has 2 amide bonds. The number of carbonyl (C=O) groups is 2. The van der Waals surface area contributed by atoms with Gasteiger partial charge in [-0.3, -0.25) is 9.59 Å². The van der Waals surface area contributed by atoms with E-state index in [-0.39, 0.29) is 23.9 Å². The zero-order chi connectivity index (χ0) is 21.8. The van der Waals surface area contributed by atoms with Crippen LogP contribution in [-0.2, 0) is 29.0 Å². The molecule has 2 aromatic carbocycles. The van der Waals surface area contributed by atoms with Crippen molar-refractivity contribution in [3.8, 4) is 0 Å². The Morgan fingerprint density at radius 3 is 2.74 bits per heavy atom. The van der Waals surface area contributed by atoms with Gasteiger partial charge in [-0.25, -0.2) is 0 Å². The minimum absolute atomic E-state index is 0.00599. The van der Waals surface area contributed by atoms with Gasteiger partial charge in [-0.05, 0) is 67.3 Å². The molecule has 5 N–H and O–H groups in total. The summed E-state index contributed by atoms with van der Waals surface area (Å²) < 4.78 is 0. The summed E-state index contributed by atoms with van der Waals surface area (Å²) in [6, 6.07) is 15.7. The van der Waals surface area contributed by atoms with Gasteiger partial charge in [-0.15, -0.1) is 0 Å². The minimum atomic E-state index is -0.574. The second-order valence-corrected chi connectivity index (χ2v) is 8.82. The highest BCUT2D eigenvalue weighted by molar-refractivity contribution is 5.89. The first-order valence-corrected chi connectivity index (χ1v) is 11.2. The van der Waals surface area contributed by atoms with Gasteiger partial charge in [0.05, 0.1) is 12.1 Å². The molecule has 0 aromatic heterocycles. The van der Waals surface area contributed by atoms with Gasteiger partial charge >= 0.3 is 0 Å². The monoisotopic (exact) mass is 420 g/mol. The average molecular weight is 421 g/mol. The molecule has 0 spiro atoms. The van der Waals surface area contributed by atoms with E-state index in [4.69, 9.17) is 5.73 Å². The Morgan fingerprint density at radius 2 is 1.97 bits per heavy atom. The normalized spacial score (nSPS) is 23.2. The van der Waals surface area contributed by atoms with Crippen LogP contribution in [0.1, 0.15) is 48.1 Å². The van der Waals surface area contributed by atoms with Gasteiger partial charge in [0.2, 0.25) is 11.8 Å². The molecule has 1 fully saturated rings. The lowest BCUT2D eigenvalue weighted by Gasteiger charge is -2.20. The number of nitrogens with two attached hydrogens (primary N) is 1. The molecule has 3 unspecified atom stereocenters. The van der Waals surface area contributed by atoms with Crippen LogP contribution in [0.25, 0.3) is 0 Å². The van der Waals surface area contributed by atoms with Crippen molar-refractivity contribution in [2.24, 2.45) is 11.7 Å². The van der Waals surface area contributed by atoms with Crippen LogP contribution >= 0.6 is 0 Å². The van der Waals surface area contributed by atoms with E-state index >= 15 is 0 Å². The number of fused-ring (bicyclic) bond motifs is 1. The summed E-state index contributed by atoms with van der Waals surface area (Å²) in [6.07, 6.45) is 3.56. The SMILES string of the molecule is C[C@H](NC(=O)C1CC(Cc2ccccc2)CN1)C(=O)NC1CCc2cc(CN)ccc21. The van der Waals surface area contributed by atoms with Crippen molar-refractivity contribution in [2.75, 3.05) is 6.54 Å². The summed E-state index contributed by atoms with van der Waals surface area (Å²) in [5.74, 6) is 0.182. The molecule has 0 saturated carbocycles. The Bertz CT molecular complexity index is 930. The van der Waals surface area contributed by atoms with Crippen LogP contribution in [0.4, 0.5) is 0 Å². The smallest absolute Gasteiger partial charge is 0.242 e. The highest BCUT2D eigenvalue weighted by Gasteiger charge is 2.32. The second-order valence-electron chi connectivity index (χ2n) is 8.82. The van der Waals surface area contributed by atoms with E-state index in [1.807, 2.05) is 24.3 Å². The maximum atomic E-state index is 12.7. The van der Waals surface area contributed by atoms with Crippen molar-refractivity contribution in [1.82, 2.24) is 16.0 Å². The topological polar surface area (TPSA) is 96.2 Å². The molecule has 0 bridgehead atoms. The van der Waals surface area contributed by atoms with Crippen molar-refractivity contribution in [1.29, 1.82) is 0 Å². The van der Waals surface area contributed by atoms with Crippen LogP contribution in [-0.4, -0.2) is 30.4 Å². The Morgan fingerprint density at radius 1 is 1.16 bits per heavy atom. The Labute approximate surface area is 184 Å². The van der Waals surface area contributed by atoms with Gasteiger partial charge in [-0.2, -0.15) is 0 Å². The summed E-state index contributed by atoms with van der Waals surface area (Å²) in [5, 5.41) is 9.31. The predicted molar refractivity (Wildman–Crippen MR) is 121 cm³/mol. The molecule has 1 aliphatic carbocycles. The molecular formula is C25H32N4O2. The van der Waals surface area contributed by atoms with E-state index in [1.54, 1.807) is 6.92 Å². The first-order valence-electron chi connectivity index (χ1n) is 11.2. The molecule has 6 nitrogen and oxygen atoms in total. The first kappa shape index (κ1) is 21.5. The maximum absolute atomic E-state index is 12.7. The standard InChI is InChI=1S/C25H32N4O2/c1-16(24(30)29-22-10-8-20-12-18(14-26)7-9-21(20)22)28-25(31)23-13-19(15-27-23)11-17-5-3-2-4-6-17/h2-7,9,12,16,19,22-23,27H,8,10-11,13-15,26H2,1H3,(H,28,31)(H,29,30)/t16-,19?,22?,23?/m0/s1. The van der Waals surface area contributed by atoms with Gasteiger partial charge in [0.15, 0.2) is 0 Å². The lowest BCUT2D eigenvalue weighted by molar-refractivity contribution is -0.129. The second kappa shape index (κ2) is 9.62. The molecule has 1 aliphatic heterocycles. The number of benzene rings is 2. The summed E-state index contributed by atoms with van der Waals surface area (Å²) in [4.78, 5) is 25.4. The van der Waals surface area contributed by atoms with Gasteiger partial charge in [0.25, 0.3) is 0 Å². The van der Waals surface area contributed by atoms with Crippen molar-refractivity contribution in [2.45, 2.75) is 57.3 Å². The van der Waals surface area contributed by atoms with E-state index in [0.29, 0.717) is 12.5 Å². The molecule has 6 heteroatoms. The van der Waals surface area contributed by atoms with Crippen LogP contribution in [0, 0.1) is 5.92 Å². The third kappa shape index (κ3) is 5.14. The molecule has 31 heavy (non-hydrogen) atoms. The fourth-order valence-electron chi connectivity index (χ4n) is 4.74. The molecule has 4 atom stereocenters. The van der Waals surface area contributed by atoms with Gasteiger partial charge in [0, 0.05) is 6.54 Å². The van der Waals surface area contributed by atoms with Gasteiger partial charge in [0.1, 0.15) is 6.04 Å². The largest absolute Gasteiger partial charge is 0.348 e. The molecule has 0 radical (unpaired) electrons. The van der Waals surface area contributed by atoms with Crippen molar-refractivity contribution in [3.63, 3.8) is 0 Å². The lowest BCUT2D eigenvalue weighted by Crippen LogP contribution is -2.50. The Kier molecular flexibility index (Phi) is 6.68. The molecule has 2 aliphatic rings. The van der Waals surface area contributed by atoms with E-state index in [2.05, 4.69) is 40.2 Å². The summed E-state index contributed by atoms with van der Waals surface area (Å²) in [7, 11) is 0. The Balaban J connectivity index is 1.26. The number of hydrogen-bond donors (Lipinski definition) is 4. The fraction of sp³-hybridized carbons (Fsp3) is 0.440. The fourth-order valence-corrected chi connectivity index (χ4v) is 4.74. The summed E-state index contributed by atoms with van der Waals surface area (Å²) in [6.45, 7) is 3.09. The number of nitrogens with one attached hydrogen (secondary N) is 3. The minimum Gasteiger partial charge on any atom is -0.348 e. The zero-order valence-electron chi connectivity index (χ0n) is 18.1. The number of amides is 2. The zero-order valence-corrected chi connectivity index (χ0v) is 18.1. The first-order chi connectivity index (χ1) is 15.0. The van der Waals surface area contributed by atoms with E-state index in [0.717, 1.165) is 43.4 Å². The summed E-state index contributed by atoms with van der Waals surface area (Å²) >= 11 is 0. The highest BCUT2D eigenvalue weighted by atomic mass is 16.2. The predicted octanol–water partition coefficient (Wildman–Crippen LogP) is 1.97. The van der Waals surface area contributed by atoms with E-state index in [9.17, 15) is 9.59 Å². The van der Waals surface area contributed by atoms with Gasteiger partial charge < -0.3 is 21.7 Å². The van der Waals surface area contributed by atoms with Crippen molar-refractivity contribution in [3.05, 3.63) is 70.8 Å². The molecule has 1 saturated heterocycles. The summed E-state index contributed by atoms with van der Waals surface area (Å²) in [5.41, 5.74) is 10.5. The van der Waals surface area contributed by atoms with Crippen molar-refractivity contribution < 1.29 is 9.59 Å². The Hall–Kier alpha value is -2.70. The quantitative estimate of drug-likeness (QED) is 0.551. The van der Waals surface area contributed by atoms with Crippen molar-refractivity contribution >= 4 is 11.8 Å². The molecule has 1 heterocycles.